The Morgan fingerprint density at radius 1 is 1.39 bits per heavy atom. The van der Waals surface area contributed by atoms with E-state index in [1.54, 1.807) is 0 Å². The van der Waals surface area contributed by atoms with E-state index in [-0.39, 0.29) is 17.1 Å². The first-order valence-electron chi connectivity index (χ1n) is 6.39. The zero-order valence-electron chi connectivity index (χ0n) is 12.3. The highest BCUT2D eigenvalue weighted by Crippen LogP contribution is 2.46. The van der Waals surface area contributed by atoms with E-state index in [2.05, 4.69) is 33.9 Å². The molecule has 1 aliphatic rings. The van der Waals surface area contributed by atoms with Crippen LogP contribution in [-0.2, 0) is 14.3 Å². The van der Waals surface area contributed by atoms with Gasteiger partial charge in [0.25, 0.3) is 0 Å². The van der Waals surface area contributed by atoms with Gasteiger partial charge in [-0.05, 0) is 12.3 Å². The van der Waals surface area contributed by atoms with Crippen LogP contribution < -0.4 is 0 Å². The first kappa shape index (κ1) is 15.7. The molecule has 1 N–H and O–H groups in total. The third-order valence-corrected chi connectivity index (χ3v) is 6.39. The Morgan fingerprint density at radius 2 is 1.94 bits per heavy atom. The number of aliphatic carboxylic acids is 1. The zero-order chi connectivity index (χ0) is 14.2. The van der Waals surface area contributed by atoms with Gasteiger partial charge in [0, 0.05) is 6.42 Å². The summed E-state index contributed by atoms with van der Waals surface area (Å²) in [7, 11) is -0.732. The van der Waals surface area contributed by atoms with Crippen LogP contribution in [0.2, 0.25) is 13.1 Å². The average Bonchev–Trinajstić information content (AvgIpc) is 2.55. The second kappa shape index (κ2) is 4.94. The molecule has 0 aromatic rings. The van der Waals surface area contributed by atoms with Crippen molar-refractivity contribution in [2.24, 2.45) is 5.41 Å². The summed E-state index contributed by atoms with van der Waals surface area (Å²) < 4.78 is 12.1. The first-order chi connectivity index (χ1) is 8.02. The summed E-state index contributed by atoms with van der Waals surface area (Å²) in [5, 5.41) is 8.52. The predicted molar refractivity (Wildman–Crippen MR) is 72.0 cm³/mol. The Kier molecular flexibility index (Phi) is 4.30. The van der Waals surface area contributed by atoms with Crippen LogP contribution in [0.3, 0.4) is 0 Å². The summed E-state index contributed by atoms with van der Waals surface area (Å²) in [6.45, 7) is 13.4. The summed E-state index contributed by atoms with van der Waals surface area (Å²) >= 11 is 0. The van der Waals surface area contributed by atoms with Crippen LogP contribution in [0.25, 0.3) is 0 Å². The van der Waals surface area contributed by atoms with Gasteiger partial charge in [0.2, 0.25) is 0 Å². The lowest BCUT2D eigenvalue weighted by atomic mass is 9.88. The Morgan fingerprint density at radius 3 is 2.28 bits per heavy atom. The van der Waals surface area contributed by atoms with Crippen LogP contribution in [0.1, 0.15) is 40.5 Å². The third-order valence-electron chi connectivity index (χ3n) is 3.78. The monoisotopic (exact) mass is 273 g/mol. The standard InChI is InChI=1S/C13H25O4Si/c1-11(2,3)13(18(5)6)9-16-12(4,17-13)8-7-10(14)15/h7-9H2,1-6H3,(H,14,15). The van der Waals surface area contributed by atoms with Crippen molar-refractivity contribution in [2.75, 3.05) is 6.61 Å². The predicted octanol–water partition coefficient (Wildman–Crippen LogP) is 2.69. The molecule has 0 amide bonds. The molecule has 1 saturated heterocycles. The third kappa shape index (κ3) is 2.95. The quantitative estimate of drug-likeness (QED) is 0.800. The van der Waals surface area contributed by atoms with Gasteiger partial charge in [-0.3, -0.25) is 4.79 Å². The molecule has 1 rings (SSSR count). The van der Waals surface area contributed by atoms with Crippen molar-refractivity contribution in [3.8, 4) is 0 Å². The summed E-state index contributed by atoms with van der Waals surface area (Å²) in [4.78, 5) is 10.7. The molecule has 18 heavy (non-hydrogen) atoms. The maximum atomic E-state index is 10.7. The number of hydrogen-bond acceptors (Lipinski definition) is 3. The maximum Gasteiger partial charge on any atom is 0.303 e. The molecule has 105 valence electrons. The fourth-order valence-electron chi connectivity index (χ4n) is 2.50. The van der Waals surface area contributed by atoms with E-state index in [4.69, 9.17) is 14.6 Å². The normalized spacial score (nSPS) is 33.1. The van der Waals surface area contributed by atoms with E-state index in [9.17, 15) is 4.79 Å². The molecule has 0 aromatic carbocycles. The highest BCUT2D eigenvalue weighted by Gasteiger charge is 2.56. The molecule has 2 unspecified atom stereocenters. The maximum absolute atomic E-state index is 10.7. The van der Waals surface area contributed by atoms with Crippen molar-refractivity contribution in [1.29, 1.82) is 0 Å². The minimum Gasteiger partial charge on any atom is -0.481 e. The van der Waals surface area contributed by atoms with Gasteiger partial charge in [0.15, 0.2) is 5.79 Å². The average molecular weight is 273 g/mol. The lowest BCUT2D eigenvalue weighted by molar-refractivity contribution is -0.183. The Hall–Kier alpha value is -0.393. The Bertz CT molecular complexity index is 323. The number of hydrogen-bond donors (Lipinski definition) is 1. The summed E-state index contributed by atoms with van der Waals surface area (Å²) in [6, 6.07) is 0. The molecule has 0 spiro atoms. The van der Waals surface area contributed by atoms with Crippen molar-refractivity contribution in [2.45, 2.75) is 64.6 Å². The van der Waals surface area contributed by atoms with Crippen LogP contribution in [0.15, 0.2) is 0 Å². The minimum absolute atomic E-state index is 0.00815. The lowest BCUT2D eigenvalue weighted by Crippen LogP contribution is -2.56. The molecule has 0 saturated carbocycles. The first-order valence-corrected chi connectivity index (χ1v) is 8.89. The zero-order valence-corrected chi connectivity index (χ0v) is 13.3. The fourth-order valence-corrected chi connectivity index (χ4v) is 4.79. The fraction of sp³-hybridized carbons (Fsp3) is 0.923. The van der Waals surface area contributed by atoms with E-state index in [1.165, 1.54) is 0 Å². The highest BCUT2D eigenvalue weighted by atomic mass is 28.3. The second-order valence-electron chi connectivity index (χ2n) is 6.50. The molecule has 4 nitrogen and oxygen atoms in total. The van der Waals surface area contributed by atoms with E-state index >= 15 is 0 Å². The van der Waals surface area contributed by atoms with Gasteiger partial charge in [0.05, 0.1) is 27.0 Å². The lowest BCUT2D eigenvalue weighted by Gasteiger charge is -2.43. The Balaban J connectivity index is 2.86. The molecule has 0 aliphatic carbocycles. The molecule has 5 heteroatoms. The summed E-state index contributed by atoms with van der Waals surface area (Å²) in [5.41, 5.74) is -0.00815. The van der Waals surface area contributed by atoms with Crippen molar-refractivity contribution in [3.63, 3.8) is 0 Å². The molecule has 1 aliphatic heterocycles. The topological polar surface area (TPSA) is 55.8 Å². The highest BCUT2D eigenvalue weighted by molar-refractivity contribution is 6.59. The molecule has 2 atom stereocenters. The van der Waals surface area contributed by atoms with Crippen molar-refractivity contribution in [3.05, 3.63) is 0 Å². The van der Waals surface area contributed by atoms with E-state index in [0.717, 1.165) is 0 Å². The van der Waals surface area contributed by atoms with Crippen molar-refractivity contribution >= 4 is 14.8 Å². The molecule has 0 aromatic heterocycles. The largest absolute Gasteiger partial charge is 0.481 e. The van der Waals surface area contributed by atoms with Crippen molar-refractivity contribution in [1.82, 2.24) is 0 Å². The van der Waals surface area contributed by atoms with Gasteiger partial charge >= 0.3 is 5.97 Å². The van der Waals surface area contributed by atoms with Gasteiger partial charge in [-0.15, -0.1) is 0 Å². The summed E-state index contributed by atoms with van der Waals surface area (Å²) in [5.74, 6) is -1.57. The smallest absolute Gasteiger partial charge is 0.303 e. The number of carboxylic acids is 1. The van der Waals surface area contributed by atoms with Crippen molar-refractivity contribution < 1.29 is 19.4 Å². The molecular formula is C13H25O4Si. The molecular weight excluding hydrogens is 248 g/mol. The molecule has 1 fully saturated rings. The SMILES string of the molecule is C[Si](C)C1(C(C)(C)C)COC(C)(CCC(=O)O)O1. The number of ether oxygens (including phenoxy) is 2. The van der Waals surface area contributed by atoms with Gasteiger partial charge < -0.3 is 14.6 Å². The number of rotatable bonds is 4. The molecule has 1 heterocycles. The van der Waals surface area contributed by atoms with Crippen LogP contribution in [-0.4, -0.2) is 37.5 Å². The van der Waals surface area contributed by atoms with E-state index in [0.29, 0.717) is 13.0 Å². The van der Waals surface area contributed by atoms with Gasteiger partial charge in [-0.2, -0.15) is 0 Å². The van der Waals surface area contributed by atoms with Crippen LogP contribution in [0, 0.1) is 5.41 Å². The Labute approximate surface area is 111 Å². The number of carbonyl (C=O) groups is 1. The van der Waals surface area contributed by atoms with Gasteiger partial charge in [-0.25, -0.2) is 0 Å². The second-order valence-corrected chi connectivity index (χ2v) is 9.30. The van der Waals surface area contributed by atoms with Crippen LogP contribution >= 0.6 is 0 Å². The molecule has 0 bridgehead atoms. The molecule has 1 radical (unpaired) electrons. The van der Waals surface area contributed by atoms with Crippen LogP contribution in [0.4, 0.5) is 0 Å². The minimum atomic E-state index is -0.810. The van der Waals surface area contributed by atoms with E-state index < -0.39 is 20.6 Å². The summed E-state index contributed by atoms with van der Waals surface area (Å²) in [6.07, 6.45) is 0.474. The van der Waals surface area contributed by atoms with Crippen LogP contribution in [0.5, 0.6) is 0 Å². The van der Waals surface area contributed by atoms with E-state index in [1.807, 2.05) is 6.92 Å². The van der Waals surface area contributed by atoms with Gasteiger partial charge in [-0.1, -0.05) is 33.9 Å². The van der Waals surface area contributed by atoms with Gasteiger partial charge in [0.1, 0.15) is 0 Å². The number of carboxylic acid groups (broad SMARTS) is 1.